The lowest BCUT2D eigenvalue weighted by Crippen LogP contribution is -1.87. The van der Waals surface area contributed by atoms with Crippen LogP contribution in [-0.2, 0) is 0 Å². The van der Waals surface area contributed by atoms with Gasteiger partial charge in [0.05, 0.1) is 7.11 Å². The normalized spacial score (nSPS) is 9.86. The Morgan fingerprint density at radius 1 is 0.952 bits per heavy atom. The van der Waals surface area contributed by atoms with Crippen LogP contribution in [0, 0.1) is 18.4 Å². The third-order valence-electron chi connectivity index (χ3n) is 3.11. The molecule has 108 valence electrons. The smallest absolute Gasteiger partial charge is 0.119 e. The summed E-state index contributed by atoms with van der Waals surface area (Å²) >= 11 is 5.27. The van der Waals surface area contributed by atoms with Crippen molar-refractivity contribution in [2.45, 2.75) is 13.8 Å². The molecule has 2 aromatic carbocycles. The van der Waals surface area contributed by atoms with Crippen LogP contribution in [0.2, 0.25) is 0 Å². The van der Waals surface area contributed by atoms with E-state index in [4.69, 9.17) is 17.0 Å². The van der Waals surface area contributed by atoms with Gasteiger partial charge in [0.25, 0.3) is 0 Å². The summed E-state index contributed by atoms with van der Waals surface area (Å²) < 4.78 is 6.00. The highest BCUT2D eigenvalue weighted by atomic mass is 32.1. The first-order valence-corrected chi connectivity index (χ1v) is 7.20. The molecule has 0 aliphatic carbocycles. The van der Waals surface area contributed by atoms with E-state index < -0.39 is 0 Å². The molecule has 0 saturated heterocycles. The molecule has 0 aliphatic heterocycles. The Morgan fingerprint density at radius 3 is 2.24 bits per heavy atom. The van der Waals surface area contributed by atoms with E-state index in [-0.39, 0.29) is 0 Å². The molecule has 1 aromatic heterocycles. The summed E-state index contributed by atoms with van der Waals surface area (Å²) in [5.74, 6) is 0.834. The van der Waals surface area contributed by atoms with E-state index >= 15 is 0 Å². The van der Waals surface area contributed by atoms with Crippen LogP contribution in [-0.4, -0.2) is 12.1 Å². The van der Waals surface area contributed by atoms with Crippen molar-refractivity contribution in [3.63, 3.8) is 0 Å². The highest BCUT2D eigenvalue weighted by Crippen LogP contribution is 2.20. The van der Waals surface area contributed by atoms with Gasteiger partial charge in [-0.25, -0.2) is 0 Å². The number of aromatic nitrogens is 1. The molecule has 0 spiro atoms. The number of hydrogen-bond donors (Lipinski definition) is 1. The second kappa shape index (κ2) is 7.04. The van der Waals surface area contributed by atoms with Gasteiger partial charge in [-0.1, -0.05) is 48.1 Å². The number of pyridine rings is 1. The fourth-order valence-corrected chi connectivity index (χ4v) is 2.37. The molecule has 3 rings (SSSR count). The lowest BCUT2D eigenvalue weighted by atomic mass is 10.2. The summed E-state index contributed by atoms with van der Waals surface area (Å²) in [6, 6.07) is 18.1. The van der Waals surface area contributed by atoms with Gasteiger partial charge in [-0.3, -0.25) is 0 Å². The van der Waals surface area contributed by atoms with E-state index in [0.717, 1.165) is 26.9 Å². The maximum absolute atomic E-state index is 5.27. The predicted molar refractivity (Wildman–Crippen MR) is 91.6 cm³/mol. The zero-order chi connectivity index (χ0) is 15.2. The van der Waals surface area contributed by atoms with Gasteiger partial charge in [-0.05, 0) is 38.1 Å². The Morgan fingerprint density at radius 2 is 1.67 bits per heavy atom. The number of fused-ring (bicyclic) bond motifs is 1. The van der Waals surface area contributed by atoms with Crippen LogP contribution in [0.4, 0.5) is 0 Å². The molecule has 0 saturated carbocycles. The van der Waals surface area contributed by atoms with Crippen molar-refractivity contribution in [3.8, 4) is 5.75 Å². The van der Waals surface area contributed by atoms with Crippen LogP contribution in [0.15, 0.2) is 54.6 Å². The molecule has 3 aromatic rings. The number of methoxy groups -OCH3 is 1. The first kappa shape index (κ1) is 15.3. The van der Waals surface area contributed by atoms with E-state index in [9.17, 15) is 0 Å². The van der Waals surface area contributed by atoms with Gasteiger partial charge in [0.1, 0.15) is 5.75 Å². The highest BCUT2D eigenvalue weighted by molar-refractivity contribution is 7.71. The Hall–Kier alpha value is -2.13. The largest absolute Gasteiger partial charge is 0.497 e. The van der Waals surface area contributed by atoms with E-state index in [2.05, 4.69) is 24.0 Å². The summed E-state index contributed by atoms with van der Waals surface area (Å²) in [7, 11) is 1.65. The number of hydrogen-bond acceptors (Lipinski definition) is 2. The first-order valence-electron chi connectivity index (χ1n) is 6.79. The summed E-state index contributed by atoms with van der Waals surface area (Å²) in [6.07, 6.45) is 0. The standard InChI is InChI=1S/C11H11NOS.C7H8/c1-7-5-11(14)9-6-8(13-2)3-4-10(9)12-7;1-7-5-3-2-4-6-7/h3-6H,1-2H3,(H,12,14);2-6H,1H3. The molecule has 0 unspecified atom stereocenters. The molecule has 3 heteroatoms. The van der Waals surface area contributed by atoms with Crippen LogP contribution in [0.5, 0.6) is 5.75 Å². The van der Waals surface area contributed by atoms with Crippen LogP contribution < -0.4 is 4.74 Å². The van der Waals surface area contributed by atoms with Crippen molar-refractivity contribution >= 4 is 23.1 Å². The Bertz CT molecular complexity index is 778. The Kier molecular flexibility index (Phi) is 5.12. The van der Waals surface area contributed by atoms with Crippen molar-refractivity contribution in [2.24, 2.45) is 0 Å². The number of nitrogens with one attached hydrogen (secondary N) is 1. The number of rotatable bonds is 1. The van der Waals surface area contributed by atoms with Crippen molar-refractivity contribution in [2.75, 3.05) is 7.11 Å². The van der Waals surface area contributed by atoms with Crippen LogP contribution in [0.25, 0.3) is 10.9 Å². The first-order chi connectivity index (χ1) is 10.1. The molecule has 0 atom stereocenters. The highest BCUT2D eigenvalue weighted by Gasteiger charge is 1.98. The van der Waals surface area contributed by atoms with Gasteiger partial charge < -0.3 is 9.72 Å². The molecule has 0 aliphatic rings. The van der Waals surface area contributed by atoms with Gasteiger partial charge in [-0.15, -0.1) is 0 Å². The molecule has 0 fully saturated rings. The summed E-state index contributed by atoms with van der Waals surface area (Å²) in [5.41, 5.74) is 3.45. The quantitative estimate of drug-likeness (QED) is 0.624. The third kappa shape index (κ3) is 4.17. The van der Waals surface area contributed by atoms with Gasteiger partial charge in [-0.2, -0.15) is 0 Å². The van der Waals surface area contributed by atoms with E-state index in [0.29, 0.717) is 0 Å². The van der Waals surface area contributed by atoms with Gasteiger partial charge in [0, 0.05) is 21.1 Å². The number of ether oxygens (including phenoxy) is 1. The Labute approximate surface area is 130 Å². The molecule has 2 nitrogen and oxygen atoms in total. The number of aryl methyl sites for hydroxylation is 2. The average Bonchev–Trinajstić information content (AvgIpc) is 2.48. The fourth-order valence-electron chi connectivity index (χ4n) is 2.02. The lowest BCUT2D eigenvalue weighted by Gasteiger charge is -2.03. The average molecular weight is 297 g/mol. The zero-order valence-electron chi connectivity index (χ0n) is 12.5. The fraction of sp³-hybridized carbons (Fsp3) is 0.167. The van der Waals surface area contributed by atoms with Crippen LogP contribution in [0.1, 0.15) is 11.3 Å². The van der Waals surface area contributed by atoms with E-state index in [1.54, 1.807) is 7.11 Å². The van der Waals surface area contributed by atoms with Crippen molar-refractivity contribution in [1.82, 2.24) is 4.98 Å². The number of aromatic amines is 1. The minimum Gasteiger partial charge on any atom is -0.497 e. The van der Waals surface area contributed by atoms with Gasteiger partial charge in [0.15, 0.2) is 0 Å². The second-order valence-electron chi connectivity index (χ2n) is 4.88. The SMILES string of the molecule is COc1ccc2[nH]c(C)cc(=S)c2c1.Cc1ccccc1. The maximum Gasteiger partial charge on any atom is 0.119 e. The molecule has 1 N–H and O–H groups in total. The van der Waals surface area contributed by atoms with Crippen LogP contribution >= 0.6 is 12.2 Å². The predicted octanol–water partition coefficient (Wildman–Crippen LogP) is 5.21. The van der Waals surface area contributed by atoms with Crippen molar-refractivity contribution < 1.29 is 4.74 Å². The van der Waals surface area contributed by atoms with E-state index in [1.807, 2.05) is 49.4 Å². The third-order valence-corrected chi connectivity index (χ3v) is 3.45. The molecule has 0 amide bonds. The van der Waals surface area contributed by atoms with Crippen molar-refractivity contribution in [3.05, 3.63) is 70.4 Å². The number of H-pyrrole nitrogens is 1. The molecule has 0 radical (unpaired) electrons. The Balaban J connectivity index is 0.000000194. The maximum atomic E-state index is 5.27. The molecule has 1 heterocycles. The molecule has 21 heavy (non-hydrogen) atoms. The van der Waals surface area contributed by atoms with E-state index in [1.165, 1.54) is 5.56 Å². The van der Waals surface area contributed by atoms with Crippen molar-refractivity contribution in [1.29, 1.82) is 0 Å². The minimum absolute atomic E-state index is 0.834. The second-order valence-corrected chi connectivity index (χ2v) is 5.32. The number of benzene rings is 2. The summed E-state index contributed by atoms with van der Waals surface area (Å²) in [4.78, 5) is 3.26. The monoisotopic (exact) mass is 297 g/mol. The zero-order valence-corrected chi connectivity index (χ0v) is 13.3. The molecular weight excluding hydrogens is 278 g/mol. The summed E-state index contributed by atoms with van der Waals surface area (Å²) in [5, 5.41) is 1.03. The van der Waals surface area contributed by atoms with Gasteiger partial charge in [0.2, 0.25) is 0 Å². The molecule has 0 bridgehead atoms. The lowest BCUT2D eigenvalue weighted by molar-refractivity contribution is 0.415. The van der Waals surface area contributed by atoms with Crippen LogP contribution in [0.3, 0.4) is 0 Å². The topological polar surface area (TPSA) is 25.0 Å². The minimum atomic E-state index is 0.834. The molecular formula is C18H19NOS. The summed E-state index contributed by atoms with van der Waals surface area (Å²) in [6.45, 7) is 4.08. The van der Waals surface area contributed by atoms with Gasteiger partial charge >= 0.3 is 0 Å².